The molecule has 3 heterocycles. The number of aromatic nitrogens is 1. The number of para-hydroxylation sites is 1. The number of benzene rings is 1. The van der Waals surface area contributed by atoms with Gasteiger partial charge in [-0.1, -0.05) is 50.1 Å². The van der Waals surface area contributed by atoms with Gasteiger partial charge in [0.15, 0.2) is 0 Å². The number of hydrogen-bond acceptors (Lipinski definition) is 7. The zero-order valence-corrected chi connectivity index (χ0v) is 28.3. The lowest BCUT2D eigenvalue weighted by molar-refractivity contribution is -0.145. The number of halogens is 1. The van der Waals surface area contributed by atoms with Crippen LogP contribution >= 0.6 is 11.6 Å². The van der Waals surface area contributed by atoms with Gasteiger partial charge in [-0.2, -0.15) is 0 Å². The molecular formula is C36H45ClN4O7. The average molecular weight is 681 g/mol. The fourth-order valence-electron chi connectivity index (χ4n) is 7.27. The molecule has 3 N–H and O–H groups in total. The van der Waals surface area contributed by atoms with Crippen LogP contribution in [0.25, 0.3) is 10.9 Å². The average Bonchev–Trinajstić information content (AvgIpc) is 3.32. The molecule has 5 atom stereocenters. The summed E-state index contributed by atoms with van der Waals surface area (Å²) < 4.78 is 12.2. The van der Waals surface area contributed by atoms with Gasteiger partial charge in [0.05, 0.1) is 17.1 Å². The highest BCUT2D eigenvalue weighted by atomic mass is 35.5. The number of carbonyl (C=O) groups excluding carboxylic acids is 3. The van der Waals surface area contributed by atoms with E-state index in [1.807, 2.05) is 44.2 Å². The molecule has 3 fully saturated rings. The predicted octanol–water partition coefficient (Wildman–Crippen LogP) is 5.88. The number of allylic oxidation sites excluding steroid dienone is 1. The van der Waals surface area contributed by atoms with Crippen LogP contribution in [0.2, 0.25) is 5.02 Å². The number of nitrogens with one attached hydrogen (secondary N) is 2. The van der Waals surface area contributed by atoms with Crippen LogP contribution in [0.15, 0.2) is 36.4 Å². The first-order valence-corrected chi connectivity index (χ1v) is 17.7. The Hall–Kier alpha value is -3.86. The highest BCUT2D eigenvalue weighted by molar-refractivity contribution is 6.35. The van der Waals surface area contributed by atoms with Crippen molar-refractivity contribution in [1.82, 2.24) is 20.5 Å². The molecule has 0 radical (unpaired) electrons. The maximum Gasteiger partial charge on any atom is 0.407 e. The van der Waals surface area contributed by atoms with Crippen molar-refractivity contribution in [3.05, 3.63) is 47.1 Å². The summed E-state index contributed by atoms with van der Waals surface area (Å²) in [5.74, 6) is -1.62. The molecule has 2 aliphatic heterocycles. The van der Waals surface area contributed by atoms with E-state index in [2.05, 4.69) is 10.6 Å². The highest BCUT2D eigenvalue weighted by Gasteiger charge is 2.61. The first-order valence-electron chi connectivity index (χ1n) is 17.3. The number of carboxylic acids is 1. The van der Waals surface area contributed by atoms with Crippen LogP contribution in [0.3, 0.4) is 0 Å². The molecule has 2 saturated carbocycles. The number of ether oxygens (including phenoxy) is 2. The normalized spacial score (nSPS) is 29.0. The lowest BCUT2D eigenvalue weighted by Gasteiger charge is -2.27. The van der Waals surface area contributed by atoms with Gasteiger partial charge in [-0.15, -0.1) is 0 Å². The maximum atomic E-state index is 14.1. The smallest absolute Gasteiger partial charge is 0.407 e. The maximum absolute atomic E-state index is 14.1. The molecule has 1 aromatic heterocycles. The van der Waals surface area contributed by atoms with Gasteiger partial charge in [-0.05, 0) is 69.4 Å². The van der Waals surface area contributed by atoms with Gasteiger partial charge in [0, 0.05) is 41.9 Å². The highest BCUT2D eigenvalue weighted by Crippen LogP contribution is 2.45. The van der Waals surface area contributed by atoms with Crippen molar-refractivity contribution in [2.45, 2.75) is 120 Å². The second-order valence-electron chi connectivity index (χ2n) is 14.0. The van der Waals surface area contributed by atoms with Gasteiger partial charge in [-0.3, -0.25) is 14.6 Å². The van der Waals surface area contributed by atoms with Crippen molar-refractivity contribution in [2.75, 3.05) is 6.54 Å². The Morgan fingerprint density at radius 3 is 2.65 bits per heavy atom. The number of carbonyl (C=O) groups is 4. The largest absolute Gasteiger partial charge is 0.488 e. The van der Waals surface area contributed by atoms with Crippen molar-refractivity contribution >= 4 is 46.4 Å². The first-order chi connectivity index (χ1) is 23.0. The van der Waals surface area contributed by atoms with E-state index in [0.717, 1.165) is 56.0 Å². The molecule has 258 valence electrons. The molecule has 48 heavy (non-hydrogen) atoms. The number of aliphatic carboxylic acids is 1. The minimum absolute atomic E-state index is 0.0237. The molecule has 0 bridgehead atoms. The molecule has 0 spiro atoms. The molecule has 2 aliphatic carbocycles. The zero-order chi connectivity index (χ0) is 34.0. The topological polar surface area (TPSA) is 147 Å². The zero-order valence-electron chi connectivity index (χ0n) is 27.6. The molecule has 3 amide bonds. The Morgan fingerprint density at radius 2 is 1.90 bits per heavy atom. The SMILES string of the molecule is CC(C)c1cc(O[C@@H]2C[C@H]3C(=O)N[C@]4(C(=O)O)C[C@@H]4/C=C\CCCC[C@H](NC(=O)OC4CCCC4)CC(=O)N3C2)c2cccc(Cl)c2n1. The molecule has 12 heteroatoms. The number of alkyl carbamates (subject to hydrolysis) is 1. The van der Waals surface area contributed by atoms with E-state index in [4.69, 9.17) is 26.1 Å². The second kappa shape index (κ2) is 14.3. The van der Waals surface area contributed by atoms with Gasteiger partial charge in [0.1, 0.15) is 29.5 Å². The predicted molar refractivity (Wildman–Crippen MR) is 180 cm³/mol. The summed E-state index contributed by atoms with van der Waals surface area (Å²) in [6.45, 7) is 4.16. The number of hydrogen-bond donors (Lipinski definition) is 3. The van der Waals surface area contributed by atoms with Crippen molar-refractivity contribution in [3.8, 4) is 5.75 Å². The third kappa shape index (κ3) is 7.41. The second-order valence-corrected chi connectivity index (χ2v) is 14.4. The van der Waals surface area contributed by atoms with Gasteiger partial charge < -0.3 is 30.1 Å². The van der Waals surface area contributed by atoms with Crippen LogP contribution in [0.5, 0.6) is 5.75 Å². The van der Waals surface area contributed by atoms with E-state index >= 15 is 0 Å². The molecule has 2 aromatic rings. The molecule has 1 aromatic carbocycles. The van der Waals surface area contributed by atoms with Crippen LogP contribution in [0.4, 0.5) is 4.79 Å². The fourth-order valence-corrected chi connectivity index (χ4v) is 7.49. The number of amides is 3. The van der Waals surface area contributed by atoms with E-state index in [0.29, 0.717) is 29.1 Å². The van der Waals surface area contributed by atoms with Crippen molar-refractivity contribution in [1.29, 1.82) is 0 Å². The number of pyridine rings is 1. The van der Waals surface area contributed by atoms with Crippen LogP contribution in [0.1, 0.15) is 96.1 Å². The summed E-state index contributed by atoms with van der Waals surface area (Å²) in [6.07, 6.45) is 9.66. The van der Waals surface area contributed by atoms with E-state index < -0.39 is 41.7 Å². The fraction of sp³-hybridized carbons (Fsp3) is 0.583. The third-order valence-corrected chi connectivity index (χ3v) is 10.5. The lowest BCUT2D eigenvalue weighted by atomic mass is 10.0. The summed E-state index contributed by atoms with van der Waals surface area (Å²) in [7, 11) is 0. The van der Waals surface area contributed by atoms with Gasteiger partial charge in [0.2, 0.25) is 11.8 Å². The standard InChI is InChI=1S/C36H45ClN4O7/c1-21(2)28-18-30(26-14-9-15-27(37)32(26)39-28)47-25-17-29-33(43)40-36(34(44)45)19-22(36)10-5-3-4-6-11-23(16-31(42)41(29)20-25)38-35(46)48-24-12-7-8-13-24/h5,9-10,14-15,18,21-25,29H,3-4,6-8,11-13,16-17,19-20H2,1-2H3,(H,38,46)(H,40,43)(H,44,45)/b10-5-/t22-,23-,25+,29-,36+/m0/s1. The van der Waals surface area contributed by atoms with Crippen molar-refractivity contribution in [2.24, 2.45) is 5.92 Å². The third-order valence-electron chi connectivity index (χ3n) is 10.1. The lowest BCUT2D eigenvalue weighted by Crippen LogP contribution is -2.53. The number of carboxylic acid groups (broad SMARTS) is 1. The minimum atomic E-state index is -1.40. The van der Waals surface area contributed by atoms with E-state index in [-0.39, 0.29) is 43.2 Å². The Kier molecular flexibility index (Phi) is 10.1. The molecule has 11 nitrogen and oxygen atoms in total. The van der Waals surface area contributed by atoms with Crippen molar-refractivity contribution in [3.63, 3.8) is 0 Å². The van der Waals surface area contributed by atoms with Crippen LogP contribution < -0.4 is 15.4 Å². The summed E-state index contributed by atoms with van der Waals surface area (Å²) in [5.41, 5.74) is -0.00160. The summed E-state index contributed by atoms with van der Waals surface area (Å²) in [6, 6.07) is 5.90. The Labute approximate surface area is 285 Å². The molecule has 4 aliphatic rings. The van der Waals surface area contributed by atoms with E-state index in [1.165, 1.54) is 4.90 Å². The minimum Gasteiger partial charge on any atom is -0.488 e. The summed E-state index contributed by atoms with van der Waals surface area (Å²) >= 11 is 6.52. The molecule has 6 rings (SSSR count). The van der Waals surface area contributed by atoms with Gasteiger partial charge >= 0.3 is 12.1 Å². The molecular weight excluding hydrogens is 636 g/mol. The quantitative estimate of drug-likeness (QED) is 0.321. The Morgan fingerprint density at radius 1 is 1.12 bits per heavy atom. The van der Waals surface area contributed by atoms with Gasteiger partial charge in [0.25, 0.3) is 0 Å². The van der Waals surface area contributed by atoms with Crippen molar-refractivity contribution < 1.29 is 33.8 Å². The van der Waals surface area contributed by atoms with Gasteiger partial charge in [-0.25, -0.2) is 9.59 Å². The summed E-state index contributed by atoms with van der Waals surface area (Å²) in [4.78, 5) is 59.5. The molecule has 0 unspecified atom stereocenters. The number of nitrogens with zero attached hydrogens (tertiary/aromatic N) is 2. The van der Waals surface area contributed by atoms with E-state index in [1.54, 1.807) is 6.07 Å². The van der Waals surface area contributed by atoms with Crippen LogP contribution in [0, 0.1) is 5.92 Å². The summed E-state index contributed by atoms with van der Waals surface area (Å²) in [5, 5.41) is 17.1. The Bertz CT molecular complexity index is 1590. The molecule has 1 saturated heterocycles. The first kappa shape index (κ1) is 34.0. The van der Waals surface area contributed by atoms with E-state index in [9.17, 15) is 24.3 Å². The van der Waals surface area contributed by atoms with Crippen LogP contribution in [-0.2, 0) is 19.1 Å². The number of fused-ring (bicyclic) bond motifs is 3. The van der Waals surface area contributed by atoms with Crippen LogP contribution in [-0.4, -0.2) is 75.2 Å². The number of rotatable bonds is 6. The Balaban J connectivity index is 1.27. The monoisotopic (exact) mass is 680 g/mol.